The molecule has 0 fully saturated rings. The molecule has 1 unspecified atom stereocenters. The van der Waals surface area contributed by atoms with E-state index < -0.39 is 0 Å². The van der Waals surface area contributed by atoms with Gasteiger partial charge in [-0.2, -0.15) is 0 Å². The summed E-state index contributed by atoms with van der Waals surface area (Å²) in [6.45, 7) is 6.15. The summed E-state index contributed by atoms with van der Waals surface area (Å²) in [4.78, 5) is 14.2. The summed E-state index contributed by atoms with van der Waals surface area (Å²) in [7, 11) is 3.66. The first-order valence-electron chi connectivity index (χ1n) is 7.07. The van der Waals surface area contributed by atoms with Gasteiger partial charge in [0.05, 0.1) is 6.04 Å². The Morgan fingerprint density at radius 3 is 2.75 bits per heavy atom. The number of ether oxygens (including phenoxy) is 1. The van der Waals surface area contributed by atoms with Crippen LogP contribution in [-0.4, -0.2) is 44.2 Å². The first-order chi connectivity index (χ1) is 9.56. The number of amides is 1. The Kier molecular flexibility index (Phi) is 7.26. The summed E-state index contributed by atoms with van der Waals surface area (Å²) in [6.07, 6.45) is 0.933. The maximum absolute atomic E-state index is 12.1. The predicted molar refractivity (Wildman–Crippen MR) is 81.6 cm³/mol. The lowest BCUT2D eigenvalue weighted by Gasteiger charge is -2.23. The molecule has 4 heteroatoms. The fourth-order valence-corrected chi connectivity index (χ4v) is 1.99. The largest absolute Gasteiger partial charge is 0.385 e. The van der Waals surface area contributed by atoms with Crippen molar-refractivity contribution in [1.29, 1.82) is 0 Å². The van der Waals surface area contributed by atoms with Crippen LogP contribution in [0.1, 0.15) is 24.5 Å². The van der Waals surface area contributed by atoms with E-state index in [9.17, 15) is 4.79 Å². The van der Waals surface area contributed by atoms with Crippen molar-refractivity contribution in [3.63, 3.8) is 0 Å². The summed E-state index contributed by atoms with van der Waals surface area (Å²) in [5.74, 6) is 0.0631. The van der Waals surface area contributed by atoms with Gasteiger partial charge in [0.2, 0.25) is 5.91 Å². The first-order valence-corrected chi connectivity index (χ1v) is 7.07. The van der Waals surface area contributed by atoms with Gasteiger partial charge in [0.15, 0.2) is 0 Å². The fraction of sp³-hybridized carbons (Fsp3) is 0.562. The van der Waals surface area contributed by atoms with Crippen LogP contribution in [0.25, 0.3) is 0 Å². The molecule has 0 aliphatic rings. The van der Waals surface area contributed by atoms with Crippen LogP contribution in [0.15, 0.2) is 24.3 Å². The third-order valence-electron chi connectivity index (χ3n) is 3.61. The van der Waals surface area contributed by atoms with Crippen LogP contribution >= 0.6 is 0 Å². The number of aryl methyl sites for hydroxylation is 1. The highest BCUT2D eigenvalue weighted by Gasteiger charge is 2.17. The van der Waals surface area contributed by atoms with Gasteiger partial charge >= 0.3 is 0 Å². The van der Waals surface area contributed by atoms with Gasteiger partial charge in [0, 0.05) is 26.8 Å². The van der Waals surface area contributed by atoms with E-state index in [1.165, 1.54) is 5.56 Å². The summed E-state index contributed by atoms with van der Waals surface area (Å²) >= 11 is 0. The Morgan fingerprint density at radius 2 is 2.10 bits per heavy atom. The minimum atomic E-state index is -0.129. The van der Waals surface area contributed by atoms with E-state index in [4.69, 9.17) is 4.74 Å². The van der Waals surface area contributed by atoms with E-state index >= 15 is 0 Å². The number of carbonyl (C=O) groups is 1. The lowest BCUT2D eigenvalue weighted by molar-refractivity contribution is -0.125. The van der Waals surface area contributed by atoms with Gasteiger partial charge in [0.1, 0.15) is 0 Å². The molecule has 0 heterocycles. The number of hydrogen-bond donors (Lipinski definition) is 1. The van der Waals surface area contributed by atoms with Crippen LogP contribution in [0.4, 0.5) is 0 Å². The SMILES string of the molecule is COCCCN(C)C(C)C(=O)NCc1ccccc1C. The van der Waals surface area contributed by atoms with Crippen molar-refractivity contribution in [2.24, 2.45) is 0 Å². The average molecular weight is 278 g/mol. The smallest absolute Gasteiger partial charge is 0.237 e. The van der Waals surface area contributed by atoms with Crippen LogP contribution in [-0.2, 0) is 16.1 Å². The van der Waals surface area contributed by atoms with Crippen molar-refractivity contribution >= 4 is 5.91 Å². The molecular weight excluding hydrogens is 252 g/mol. The minimum Gasteiger partial charge on any atom is -0.385 e. The van der Waals surface area contributed by atoms with Crippen LogP contribution in [0.3, 0.4) is 0 Å². The molecule has 1 N–H and O–H groups in total. The molecule has 0 aromatic heterocycles. The minimum absolute atomic E-state index is 0.0631. The van der Waals surface area contributed by atoms with Crippen molar-refractivity contribution in [2.45, 2.75) is 32.9 Å². The molecule has 1 amide bonds. The van der Waals surface area contributed by atoms with E-state index in [2.05, 4.69) is 18.3 Å². The Hall–Kier alpha value is -1.39. The van der Waals surface area contributed by atoms with Crippen LogP contribution in [0.2, 0.25) is 0 Å². The zero-order chi connectivity index (χ0) is 15.0. The molecule has 0 bridgehead atoms. The number of methoxy groups -OCH3 is 1. The molecule has 0 aliphatic heterocycles. The van der Waals surface area contributed by atoms with Gasteiger partial charge in [-0.05, 0) is 38.4 Å². The normalized spacial score (nSPS) is 12.4. The number of hydrogen-bond acceptors (Lipinski definition) is 3. The molecule has 4 nitrogen and oxygen atoms in total. The number of nitrogens with zero attached hydrogens (tertiary/aromatic N) is 1. The Balaban J connectivity index is 2.40. The molecule has 1 atom stereocenters. The molecule has 112 valence electrons. The predicted octanol–water partition coefficient (Wildman–Crippen LogP) is 1.97. The van der Waals surface area contributed by atoms with Crippen molar-refractivity contribution < 1.29 is 9.53 Å². The lowest BCUT2D eigenvalue weighted by atomic mass is 10.1. The summed E-state index contributed by atoms with van der Waals surface area (Å²) in [6, 6.07) is 7.97. The number of likely N-dealkylation sites (N-methyl/N-ethyl adjacent to an activating group) is 1. The van der Waals surface area contributed by atoms with E-state index in [-0.39, 0.29) is 11.9 Å². The monoisotopic (exact) mass is 278 g/mol. The van der Waals surface area contributed by atoms with Gasteiger partial charge in [-0.25, -0.2) is 0 Å². The second-order valence-electron chi connectivity index (χ2n) is 5.15. The highest BCUT2D eigenvalue weighted by atomic mass is 16.5. The Bertz CT molecular complexity index is 421. The molecule has 20 heavy (non-hydrogen) atoms. The molecular formula is C16H26N2O2. The quantitative estimate of drug-likeness (QED) is 0.739. The molecule has 0 aliphatic carbocycles. The fourth-order valence-electron chi connectivity index (χ4n) is 1.99. The third-order valence-corrected chi connectivity index (χ3v) is 3.61. The molecule has 1 aromatic rings. The van der Waals surface area contributed by atoms with Gasteiger partial charge in [0.25, 0.3) is 0 Å². The van der Waals surface area contributed by atoms with Crippen molar-refractivity contribution in [3.8, 4) is 0 Å². The zero-order valence-corrected chi connectivity index (χ0v) is 13.0. The van der Waals surface area contributed by atoms with E-state index in [1.807, 2.05) is 37.1 Å². The second kappa shape index (κ2) is 8.72. The zero-order valence-electron chi connectivity index (χ0n) is 13.0. The maximum atomic E-state index is 12.1. The molecule has 0 radical (unpaired) electrons. The molecule has 1 aromatic carbocycles. The van der Waals surface area contributed by atoms with Crippen LogP contribution in [0, 0.1) is 6.92 Å². The molecule has 0 spiro atoms. The van der Waals surface area contributed by atoms with Crippen LogP contribution in [0.5, 0.6) is 0 Å². The average Bonchev–Trinajstić information content (AvgIpc) is 2.45. The molecule has 1 rings (SSSR count). The summed E-state index contributed by atoms with van der Waals surface area (Å²) in [5, 5.41) is 3.00. The molecule has 0 saturated heterocycles. The number of rotatable bonds is 8. The molecule has 0 saturated carbocycles. The summed E-state index contributed by atoms with van der Waals surface area (Å²) in [5.41, 5.74) is 2.36. The highest BCUT2D eigenvalue weighted by molar-refractivity contribution is 5.81. The topological polar surface area (TPSA) is 41.6 Å². The number of nitrogens with one attached hydrogen (secondary N) is 1. The highest BCUT2D eigenvalue weighted by Crippen LogP contribution is 2.06. The van der Waals surface area contributed by atoms with Gasteiger partial charge in [-0.3, -0.25) is 9.69 Å². The standard InChI is InChI=1S/C16H26N2O2/c1-13-8-5-6-9-15(13)12-17-16(19)14(2)18(3)10-7-11-20-4/h5-6,8-9,14H,7,10-12H2,1-4H3,(H,17,19). The van der Waals surface area contributed by atoms with Crippen molar-refractivity contribution in [2.75, 3.05) is 27.3 Å². The second-order valence-corrected chi connectivity index (χ2v) is 5.15. The Labute approximate surface area is 122 Å². The van der Waals surface area contributed by atoms with Crippen molar-refractivity contribution in [1.82, 2.24) is 10.2 Å². The Morgan fingerprint density at radius 1 is 1.40 bits per heavy atom. The van der Waals surface area contributed by atoms with Gasteiger partial charge < -0.3 is 10.1 Å². The van der Waals surface area contributed by atoms with Gasteiger partial charge in [-0.15, -0.1) is 0 Å². The van der Waals surface area contributed by atoms with Crippen molar-refractivity contribution in [3.05, 3.63) is 35.4 Å². The van der Waals surface area contributed by atoms with E-state index in [1.54, 1.807) is 7.11 Å². The van der Waals surface area contributed by atoms with Gasteiger partial charge in [-0.1, -0.05) is 24.3 Å². The van der Waals surface area contributed by atoms with Crippen LogP contribution < -0.4 is 5.32 Å². The maximum Gasteiger partial charge on any atom is 0.237 e. The third kappa shape index (κ3) is 5.31. The lowest BCUT2D eigenvalue weighted by Crippen LogP contribution is -2.43. The first kappa shape index (κ1) is 16.7. The van der Waals surface area contributed by atoms with E-state index in [0.29, 0.717) is 6.54 Å². The van der Waals surface area contributed by atoms with E-state index in [0.717, 1.165) is 25.1 Å². The number of carbonyl (C=O) groups excluding carboxylic acids is 1. The number of benzene rings is 1. The summed E-state index contributed by atoms with van der Waals surface area (Å²) < 4.78 is 5.02.